The molecular weight excluding hydrogens is 394 g/mol. The molecule has 4 heterocycles. The minimum Gasteiger partial charge on any atom is -0.354 e. The highest BCUT2D eigenvalue weighted by Gasteiger charge is 2.22. The predicted molar refractivity (Wildman–Crippen MR) is 129 cm³/mol. The highest BCUT2D eigenvalue weighted by molar-refractivity contribution is 5.97. The molecule has 0 atom stereocenters. The number of hydrogen-bond acceptors (Lipinski definition) is 4. The van der Waals surface area contributed by atoms with E-state index in [1.807, 2.05) is 6.20 Å². The van der Waals surface area contributed by atoms with E-state index in [0.717, 1.165) is 50.6 Å². The molecule has 2 aliphatic heterocycles. The van der Waals surface area contributed by atoms with Gasteiger partial charge in [-0.15, -0.1) is 0 Å². The zero-order valence-electron chi connectivity index (χ0n) is 18.2. The molecule has 0 bridgehead atoms. The van der Waals surface area contributed by atoms with Gasteiger partial charge in [0.1, 0.15) is 0 Å². The second kappa shape index (κ2) is 8.32. The predicted octanol–water partition coefficient (Wildman–Crippen LogP) is 5.16. The second-order valence-corrected chi connectivity index (χ2v) is 8.80. The summed E-state index contributed by atoms with van der Waals surface area (Å²) in [5.74, 6) is 0.847. The maximum absolute atomic E-state index is 4.91. The SMILES string of the molecule is c1ccc(-c2[nH]c3ccccc3c2CN2CCc3nc(C4=NCCCC4)ncc3C2)cc1. The average Bonchev–Trinajstić information content (AvgIpc) is 3.23. The van der Waals surface area contributed by atoms with Crippen LogP contribution in [0.2, 0.25) is 0 Å². The highest BCUT2D eigenvalue weighted by atomic mass is 15.1. The lowest BCUT2D eigenvalue weighted by Gasteiger charge is -2.28. The van der Waals surface area contributed by atoms with E-state index in [9.17, 15) is 0 Å². The van der Waals surface area contributed by atoms with E-state index in [1.54, 1.807) is 0 Å². The Balaban J connectivity index is 1.29. The molecule has 0 aliphatic carbocycles. The van der Waals surface area contributed by atoms with Crippen molar-refractivity contribution < 1.29 is 0 Å². The normalized spacial score (nSPS) is 16.7. The third kappa shape index (κ3) is 3.63. The van der Waals surface area contributed by atoms with E-state index < -0.39 is 0 Å². The molecule has 5 heteroatoms. The van der Waals surface area contributed by atoms with Crippen LogP contribution in [0.1, 0.15) is 41.9 Å². The van der Waals surface area contributed by atoms with Crippen molar-refractivity contribution in [3.05, 3.63) is 83.4 Å². The summed E-state index contributed by atoms with van der Waals surface area (Å²) in [4.78, 5) is 20.4. The lowest BCUT2D eigenvalue weighted by Crippen LogP contribution is -2.31. The Morgan fingerprint density at radius 2 is 1.81 bits per heavy atom. The molecule has 2 aromatic carbocycles. The standard InChI is InChI=1S/C27H27N5/c1-2-8-19(9-3-1)26-22(21-10-4-5-11-24(21)30-26)18-32-15-13-23-20(17-32)16-29-27(31-23)25-12-6-7-14-28-25/h1-5,8-11,16,30H,6-7,12-15,17-18H2. The van der Waals surface area contributed by atoms with Crippen LogP contribution in [0.25, 0.3) is 22.2 Å². The van der Waals surface area contributed by atoms with E-state index in [4.69, 9.17) is 4.98 Å². The van der Waals surface area contributed by atoms with Gasteiger partial charge >= 0.3 is 0 Å². The van der Waals surface area contributed by atoms with Gasteiger partial charge in [-0.1, -0.05) is 48.5 Å². The summed E-state index contributed by atoms with van der Waals surface area (Å²) in [5.41, 5.74) is 8.55. The molecule has 4 aromatic rings. The first-order chi connectivity index (χ1) is 15.8. The molecule has 0 radical (unpaired) electrons. The van der Waals surface area contributed by atoms with Gasteiger partial charge in [0.25, 0.3) is 0 Å². The van der Waals surface area contributed by atoms with Crippen LogP contribution in [0.5, 0.6) is 0 Å². The second-order valence-electron chi connectivity index (χ2n) is 8.80. The molecule has 5 nitrogen and oxygen atoms in total. The third-order valence-electron chi connectivity index (χ3n) is 6.65. The molecule has 0 spiro atoms. The van der Waals surface area contributed by atoms with E-state index in [2.05, 4.69) is 74.5 Å². The summed E-state index contributed by atoms with van der Waals surface area (Å²) < 4.78 is 0. The molecule has 2 aliphatic rings. The average molecular weight is 422 g/mol. The Labute approximate surface area is 188 Å². The van der Waals surface area contributed by atoms with Gasteiger partial charge in [0.05, 0.1) is 17.1 Å². The first-order valence-electron chi connectivity index (χ1n) is 11.6. The molecule has 6 rings (SSSR count). The largest absolute Gasteiger partial charge is 0.354 e. The molecule has 0 unspecified atom stereocenters. The number of H-pyrrole nitrogens is 1. The molecule has 0 saturated heterocycles. The summed E-state index contributed by atoms with van der Waals surface area (Å²) in [6.45, 7) is 3.71. The fourth-order valence-electron chi connectivity index (χ4n) is 4.97. The number of para-hydroxylation sites is 1. The van der Waals surface area contributed by atoms with Crippen LogP contribution in [0.3, 0.4) is 0 Å². The van der Waals surface area contributed by atoms with Gasteiger partial charge in [0.15, 0.2) is 5.82 Å². The highest BCUT2D eigenvalue weighted by Crippen LogP contribution is 2.32. The van der Waals surface area contributed by atoms with Gasteiger partial charge in [-0.05, 0) is 36.5 Å². The van der Waals surface area contributed by atoms with Crippen molar-refractivity contribution in [2.45, 2.75) is 38.8 Å². The maximum atomic E-state index is 4.91. The summed E-state index contributed by atoms with van der Waals surface area (Å²) in [5, 5.41) is 1.30. The van der Waals surface area contributed by atoms with E-state index >= 15 is 0 Å². The molecule has 0 fully saturated rings. The Kier molecular flexibility index (Phi) is 5.04. The number of benzene rings is 2. The number of fused-ring (bicyclic) bond motifs is 2. The number of nitrogens with zero attached hydrogens (tertiary/aromatic N) is 4. The van der Waals surface area contributed by atoms with E-state index in [1.165, 1.54) is 51.8 Å². The molecule has 1 N–H and O–H groups in total. The van der Waals surface area contributed by atoms with Gasteiger partial charge in [-0.3, -0.25) is 9.89 Å². The van der Waals surface area contributed by atoms with E-state index in [-0.39, 0.29) is 0 Å². The lowest BCUT2D eigenvalue weighted by atomic mass is 10.0. The van der Waals surface area contributed by atoms with Crippen LogP contribution < -0.4 is 0 Å². The van der Waals surface area contributed by atoms with Crippen LogP contribution in [-0.4, -0.2) is 38.7 Å². The Morgan fingerprint density at radius 1 is 0.938 bits per heavy atom. The van der Waals surface area contributed by atoms with Crippen LogP contribution in [0.15, 0.2) is 65.8 Å². The number of rotatable bonds is 4. The van der Waals surface area contributed by atoms with Gasteiger partial charge in [0.2, 0.25) is 0 Å². The Hall–Kier alpha value is -3.31. The summed E-state index contributed by atoms with van der Waals surface area (Å²) in [7, 11) is 0. The Bertz CT molecular complexity index is 1290. The molecule has 0 saturated carbocycles. The third-order valence-corrected chi connectivity index (χ3v) is 6.65. The van der Waals surface area contributed by atoms with Crippen molar-refractivity contribution >= 4 is 16.6 Å². The van der Waals surface area contributed by atoms with Crippen LogP contribution in [-0.2, 0) is 19.5 Å². The number of nitrogens with one attached hydrogen (secondary N) is 1. The Morgan fingerprint density at radius 3 is 2.69 bits per heavy atom. The lowest BCUT2D eigenvalue weighted by molar-refractivity contribution is 0.244. The maximum Gasteiger partial charge on any atom is 0.173 e. The van der Waals surface area contributed by atoms with Crippen LogP contribution in [0, 0.1) is 0 Å². The quantitative estimate of drug-likeness (QED) is 0.495. The van der Waals surface area contributed by atoms with Gasteiger partial charge in [-0.2, -0.15) is 0 Å². The molecule has 0 amide bonds. The summed E-state index contributed by atoms with van der Waals surface area (Å²) >= 11 is 0. The number of aromatic amines is 1. The smallest absolute Gasteiger partial charge is 0.173 e. The van der Waals surface area contributed by atoms with Crippen LogP contribution in [0.4, 0.5) is 0 Å². The number of aliphatic imine (C=N–C) groups is 1. The zero-order valence-corrected chi connectivity index (χ0v) is 18.2. The minimum atomic E-state index is 0.847. The van der Waals surface area contributed by atoms with Crippen molar-refractivity contribution in [2.75, 3.05) is 13.1 Å². The first-order valence-corrected chi connectivity index (χ1v) is 11.6. The fraction of sp³-hybridized carbons (Fsp3) is 0.296. The van der Waals surface area contributed by atoms with Gasteiger partial charge in [-0.25, -0.2) is 9.97 Å². The fourth-order valence-corrected chi connectivity index (χ4v) is 4.97. The summed E-state index contributed by atoms with van der Waals surface area (Å²) in [6, 6.07) is 19.3. The summed E-state index contributed by atoms with van der Waals surface area (Å²) in [6.07, 6.45) is 6.38. The first kappa shape index (κ1) is 19.4. The van der Waals surface area contributed by atoms with Crippen molar-refractivity contribution in [1.82, 2.24) is 19.9 Å². The topological polar surface area (TPSA) is 57.2 Å². The monoisotopic (exact) mass is 421 g/mol. The van der Waals surface area contributed by atoms with Gasteiger partial charge < -0.3 is 4.98 Å². The van der Waals surface area contributed by atoms with Crippen molar-refractivity contribution in [3.63, 3.8) is 0 Å². The molecular formula is C27H27N5. The van der Waals surface area contributed by atoms with Crippen molar-refractivity contribution in [3.8, 4) is 11.3 Å². The molecule has 2 aromatic heterocycles. The zero-order chi connectivity index (χ0) is 21.3. The van der Waals surface area contributed by atoms with Crippen molar-refractivity contribution in [2.24, 2.45) is 4.99 Å². The van der Waals surface area contributed by atoms with Gasteiger partial charge in [0, 0.05) is 55.3 Å². The number of hydrogen-bond donors (Lipinski definition) is 1. The van der Waals surface area contributed by atoms with E-state index in [0.29, 0.717) is 0 Å². The minimum absolute atomic E-state index is 0.847. The molecule has 160 valence electrons. The molecule has 32 heavy (non-hydrogen) atoms. The number of aromatic nitrogens is 3. The van der Waals surface area contributed by atoms with Crippen LogP contribution >= 0.6 is 0 Å². The van der Waals surface area contributed by atoms with Crippen molar-refractivity contribution in [1.29, 1.82) is 0 Å².